The lowest BCUT2D eigenvalue weighted by atomic mass is 10.2. The van der Waals surface area contributed by atoms with Crippen molar-refractivity contribution in [2.45, 2.75) is 26.4 Å². The minimum Gasteiger partial charge on any atom is -0.380 e. The number of hydrogen-bond donors (Lipinski definition) is 1. The van der Waals surface area contributed by atoms with E-state index in [4.69, 9.17) is 0 Å². The molecule has 2 rings (SSSR count). The molecule has 1 N–H and O–H groups in total. The van der Waals surface area contributed by atoms with Crippen molar-refractivity contribution in [3.8, 4) is 0 Å². The predicted molar refractivity (Wildman–Crippen MR) is 80.7 cm³/mol. The molecule has 1 aromatic heterocycles. The molecule has 1 heterocycles. The van der Waals surface area contributed by atoms with Crippen LogP contribution in [0.4, 0.5) is 11.4 Å². The summed E-state index contributed by atoms with van der Waals surface area (Å²) in [6, 6.07) is 4.95. The van der Waals surface area contributed by atoms with Gasteiger partial charge in [-0.15, -0.1) is 0 Å². The Labute approximate surface area is 125 Å². The number of hydrogen-bond acceptors (Lipinski definition) is 4. The van der Waals surface area contributed by atoms with E-state index in [-0.39, 0.29) is 5.69 Å². The Morgan fingerprint density at radius 3 is 2.85 bits per heavy atom. The lowest BCUT2D eigenvalue weighted by molar-refractivity contribution is -0.384. The van der Waals surface area contributed by atoms with E-state index in [1.165, 1.54) is 12.1 Å². The Morgan fingerprint density at radius 1 is 1.50 bits per heavy atom. The van der Waals surface area contributed by atoms with Crippen LogP contribution in [0.3, 0.4) is 0 Å². The molecule has 6 nitrogen and oxygen atoms in total. The molecule has 0 fully saturated rings. The van der Waals surface area contributed by atoms with Gasteiger partial charge in [0.05, 0.1) is 16.8 Å². The topological polar surface area (TPSA) is 73.0 Å². The molecule has 0 aliphatic carbocycles. The third-order valence-electron chi connectivity index (χ3n) is 2.83. The van der Waals surface area contributed by atoms with Crippen LogP contribution in [-0.4, -0.2) is 14.7 Å². The van der Waals surface area contributed by atoms with E-state index in [1.54, 1.807) is 12.3 Å². The van der Waals surface area contributed by atoms with E-state index >= 15 is 0 Å². The van der Waals surface area contributed by atoms with Crippen molar-refractivity contribution in [3.63, 3.8) is 0 Å². The van der Waals surface area contributed by atoms with Gasteiger partial charge in [-0.2, -0.15) is 5.10 Å². The van der Waals surface area contributed by atoms with Gasteiger partial charge in [-0.25, -0.2) is 0 Å². The zero-order valence-corrected chi connectivity index (χ0v) is 12.8. The van der Waals surface area contributed by atoms with Crippen molar-refractivity contribution in [2.24, 2.45) is 0 Å². The molecule has 20 heavy (non-hydrogen) atoms. The zero-order valence-electron chi connectivity index (χ0n) is 11.2. The molecule has 0 unspecified atom stereocenters. The Morgan fingerprint density at radius 2 is 2.25 bits per heavy atom. The van der Waals surface area contributed by atoms with Crippen LogP contribution in [0.25, 0.3) is 0 Å². The van der Waals surface area contributed by atoms with Crippen molar-refractivity contribution in [3.05, 3.63) is 50.7 Å². The number of nitro benzene ring substituents is 1. The second-order valence-corrected chi connectivity index (χ2v) is 5.55. The summed E-state index contributed by atoms with van der Waals surface area (Å²) in [7, 11) is 0. The Kier molecular flexibility index (Phi) is 4.39. The van der Waals surface area contributed by atoms with Crippen molar-refractivity contribution in [2.75, 3.05) is 5.32 Å². The SMILES string of the molecule is CC(C)n1cc(CNc2cc([N+](=O)[O-])ccc2Br)cn1. The molecule has 1 aromatic carbocycles. The summed E-state index contributed by atoms with van der Waals surface area (Å²) < 4.78 is 2.67. The molecule has 0 atom stereocenters. The first-order valence-electron chi connectivity index (χ1n) is 6.18. The van der Waals surface area contributed by atoms with Gasteiger partial charge in [-0.3, -0.25) is 14.8 Å². The molecule has 7 heteroatoms. The second kappa shape index (κ2) is 6.04. The highest BCUT2D eigenvalue weighted by molar-refractivity contribution is 9.10. The molecular weight excluding hydrogens is 324 g/mol. The molecular formula is C13H15BrN4O2. The summed E-state index contributed by atoms with van der Waals surface area (Å²) in [5.74, 6) is 0. The zero-order chi connectivity index (χ0) is 14.7. The molecule has 0 saturated carbocycles. The number of aromatic nitrogens is 2. The van der Waals surface area contributed by atoms with Gasteiger partial charge >= 0.3 is 0 Å². The van der Waals surface area contributed by atoms with Crippen molar-refractivity contribution in [1.82, 2.24) is 9.78 Å². The largest absolute Gasteiger partial charge is 0.380 e. The van der Waals surface area contributed by atoms with Gasteiger partial charge in [-0.1, -0.05) is 0 Å². The molecule has 2 aromatic rings. The Balaban J connectivity index is 2.09. The van der Waals surface area contributed by atoms with Crippen LogP contribution in [0.2, 0.25) is 0 Å². The third-order valence-corrected chi connectivity index (χ3v) is 3.52. The van der Waals surface area contributed by atoms with Gasteiger partial charge in [0, 0.05) is 41.0 Å². The predicted octanol–water partition coefficient (Wildman–Crippen LogP) is 3.75. The Bertz CT molecular complexity index is 625. The van der Waals surface area contributed by atoms with E-state index in [1.807, 2.05) is 10.9 Å². The van der Waals surface area contributed by atoms with E-state index in [9.17, 15) is 10.1 Å². The van der Waals surface area contributed by atoms with E-state index in [0.29, 0.717) is 18.3 Å². The summed E-state index contributed by atoms with van der Waals surface area (Å²) in [6.07, 6.45) is 3.75. The quantitative estimate of drug-likeness (QED) is 0.665. The maximum atomic E-state index is 10.8. The molecule has 106 valence electrons. The maximum Gasteiger partial charge on any atom is 0.271 e. The summed E-state index contributed by atoms with van der Waals surface area (Å²) in [6.45, 7) is 4.68. The number of nitrogens with one attached hydrogen (secondary N) is 1. The Hall–Kier alpha value is -1.89. The van der Waals surface area contributed by atoms with Crippen LogP contribution >= 0.6 is 15.9 Å². The van der Waals surface area contributed by atoms with Gasteiger partial charge in [0.2, 0.25) is 0 Å². The highest BCUT2D eigenvalue weighted by Gasteiger charge is 2.09. The molecule has 0 aliphatic heterocycles. The van der Waals surface area contributed by atoms with E-state index < -0.39 is 4.92 Å². The van der Waals surface area contributed by atoms with Crippen LogP contribution in [0.1, 0.15) is 25.5 Å². The third kappa shape index (κ3) is 3.36. The number of rotatable bonds is 5. The number of non-ortho nitro benzene ring substituents is 1. The summed E-state index contributed by atoms with van der Waals surface area (Å²) in [5, 5.41) is 18.2. The molecule has 0 radical (unpaired) electrons. The van der Waals surface area contributed by atoms with Gasteiger partial charge in [0.15, 0.2) is 0 Å². The smallest absolute Gasteiger partial charge is 0.271 e. The van der Waals surface area contributed by atoms with E-state index in [2.05, 4.69) is 40.2 Å². The average Bonchev–Trinajstić information content (AvgIpc) is 2.86. The fourth-order valence-corrected chi connectivity index (χ4v) is 2.10. The maximum absolute atomic E-state index is 10.8. The molecule has 0 saturated heterocycles. The van der Waals surface area contributed by atoms with Crippen LogP contribution in [-0.2, 0) is 6.54 Å². The van der Waals surface area contributed by atoms with Crippen molar-refractivity contribution in [1.29, 1.82) is 0 Å². The van der Waals surface area contributed by atoms with Gasteiger partial charge in [0.25, 0.3) is 5.69 Å². The summed E-state index contributed by atoms with van der Waals surface area (Å²) in [4.78, 5) is 10.4. The molecule has 0 aliphatic rings. The standard InChI is InChI=1S/C13H15BrN4O2/c1-9(2)17-8-10(7-16-17)6-15-13-5-11(18(19)20)3-4-12(13)14/h3-5,7-9,15H,6H2,1-2H3. The fourth-order valence-electron chi connectivity index (χ4n) is 1.71. The number of halogens is 1. The average molecular weight is 339 g/mol. The van der Waals surface area contributed by atoms with Gasteiger partial charge < -0.3 is 5.32 Å². The molecule has 0 amide bonds. The van der Waals surface area contributed by atoms with Crippen LogP contribution in [0.5, 0.6) is 0 Å². The first kappa shape index (κ1) is 14.5. The lowest BCUT2D eigenvalue weighted by Crippen LogP contribution is -2.02. The minimum atomic E-state index is -0.408. The monoisotopic (exact) mass is 338 g/mol. The fraction of sp³-hybridized carbons (Fsp3) is 0.308. The summed E-state index contributed by atoms with van der Waals surface area (Å²) >= 11 is 3.38. The normalized spacial score (nSPS) is 10.8. The highest BCUT2D eigenvalue weighted by atomic mass is 79.9. The summed E-state index contributed by atoms with van der Waals surface area (Å²) in [5.41, 5.74) is 1.78. The van der Waals surface area contributed by atoms with Crippen LogP contribution in [0, 0.1) is 10.1 Å². The van der Waals surface area contributed by atoms with Gasteiger partial charge in [-0.05, 0) is 35.8 Å². The highest BCUT2D eigenvalue weighted by Crippen LogP contribution is 2.27. The second-order valence-electron chi connectivity index (χ2n) is 4.70. The first-order chi connectivity index (χ1) is 9.47. The number of anilines is 1. The van der Waals surface area contributed by atoms with Gasteiger partial charge in [0.1, 0.15) is 0 Å². The number of nitro groups is 1. The van der Waals surface area contributed by atoms with E-state index in [0.717, 1.165) is 10.0 Å². The number of benzene rings is 1. The first-order valence-corrected chi connectivity index (χ1v) is 6.97. The van der Waals surface area contributed by atoms with Crippen molar-refractivity contribution < 1.29 is 4.92 Å². The van der Waals surface area contributed by atoms with Crippen LogP contribution in [0.15, 0.2) is 35.1 Å². The van der Waals surface area contributed by atoms with Crippen LogP contribution < -0.4 is 5.32 Å². The molecule has 0 spiro atoms. The van der Waals surface area contributed by atoms with Crippen molar-refractivity contribution >= 4 is 27.3 Å². The lowest BCUT2D eigenvalue weighted by Gasteiger charge is -2.07. The molecule has 0 bridgehead atoms. The number of nitrogens with zero attached hydrogens (tertiary/aromatic N) is 3. The minimum absolute atomic E-state index is 0.0635.